The van der Waals surface area contributed by atoms with Crippen molar-refractivity contribution in [3.8, 4) is 11.8 Å². The highest BCUT2D eigenvalue weighted by Gasteiger charge is 2.16. The number of hydrogen-bond acceptors (Lipinski definition) is 7. The fourth-order valence-corrected chi connectivity index (χ4v) is 3.91. The minimum Gasteiger partial charge on any atom is -0.270 e. The summed E-state index contributed by atoms with van der Waals surface area (Å²) >= 11 is 13.8. The summed E-state index contributed by atoms with van der Waals surface area (Å²) in [6.07, 6.45) is 0. The van der Waals surface area contributed by atoms with E-state index in [-0.39, 0.29) is 27.2 Å². The van der Waals surface area contributed by atoms with E-state index >= 15 is 0 Å². The molecule has 3 rings (SSSR count). The van der Waals surface area contributed by atoms with Gasteiger partial charge in [-0.05, 0) is 24.1 Å². The van der Waals surface area contributed by atoms with E-state index in [1.54, 1.807) is 12.1 Å². The zero-order chi connectivity index (χ0) is 23.3. The third-order valence-electron chi connectivity index (χ3n) is 3.80. The van der Waals surface area contributed by atoms with Crippen molar-refractivity contribution in [2.75, 3.05) is 0 Å². The minimum absolute atomic E-state index is 0.00179. The Labute approximate surface area is 191 Å². The summed E-state index contributed by atoms with van der Waals surface area (Å²) in [5, 5.41) is 20.0. The van der Waals surface area contributed by atoms with Crippen molar-refractivity contribution in [3.63, 3.8) is 0 Å². The summed E-state index contributed by atoms with van der Waals surface area (Å²) in [5.41, 5.74) is -1.74. The Morgan fingerprint density at radius 2 is 1.71 bits per heavy atom. The van der Waals surface area contributed by atoms with E-state index in [1.807, 2.05) is 32.7 Å². The van der Waals surface area contributed by atoms with Gasteiger partial charge in [-0.2, -0.15) is 15.0 Å². The highest BCUT2D eigenvalue weighted by atomic mass is 35.5. The Balaban J connectivity index is 0.00000166. The molecule has 2 N–H and O–H groups in total. The standard InChI is InChI=1S/C17H12Cl2N6O3S.C2H6/c1-7(2)9-5-13(22-23-15(9)26)29-14-10(18)3-8(4-11(14)19)25-17(28)21-16(27)12(6-20)24-25;1-2/h3-5,7H,1-2H3,(H,23,26)(H,21,27,28);1-2H3. The molecule has 3 aromatic rings. The van der Waals surface area contributed by atoms with E-state index in [9.17, 15) is 14.4 Å². The van der Waals surface area contributed by atoms with Gasteiger partial charge < -0.3 is 0 Å². The van der Waals surface area contributed by atoms with Crippen LogP contribution >= 0.6 is 35.0 Å². The molecule has 0 aliphatic heterocycles. The van der Waals surface area contributed by atoms with Gasteiger partial charge in [0.1, 0.15) is 11.1 Å². The first-order chi connectivity index (χ1) is 14.7. The normalized spacial score (nSPS) is 10.4. The van der Waals surface area contributed by atoms with Gasteiger partial charge in [-0.15, -0.1) is 5.10 Å². The van der Waals surface area contributed by atoms with Crippen molar-refractivity contribution < 1.29 is 0 Å². The van der Waals surface area contributed by atoms with Gasteiger partial charge in [0.15, 0.2) is 0 Å². The molecule has 0 saturated heterocycles. The average Bonchev–Trinajstić information content (AvgIpc) is 2.73. The second-order valence-corrected chi connectivity index (χ2v) is 7.96. The van der Waals surface area contributed by atoms with Gasteiger partial charge in [-0.3, -0.25) is 14.6 Å². The van der Waals surface area contributed by atoms with E-state index in [4.69, 9.17) is 28.5 Å². The molecule has 31 heavy (non-hydrogen) atoms. The fraction of sp³-hybridized carbons (Fsp3) is 0.263. The quantitative estimate of drug-likeness (QED) is 0.582. The summed E-state index contributed by atoms with van der Waals surface area (Å²) in [5.74, 6) is 0.00179. The van der Waals surface area contributed by atoms with Crippen LogP contribution in [0.15, 0.2) is 42.5 Å². The summed E-state index contributed by atoms with van der Waals surface area (Å²) < 4.78 is 0.821. The molecule has 0 spiro atoms. The first kappa shape index (κ1) is 24.4. The van der Waals surface area contributed by atoms with Crippen molar-refractivity contribution in [1.29, 1.82) is 5.26 Å². The maximum absolute atomic E-state index is 12.0. The molecular weight excluding hydrogens is 463 g/mol. The van der Waals surface area contributed by atoms with Gasteiger partial charge in [0.05, 0.1) is 20.6 Å². The topological polar surface area (TPSA) is 137 Å². The summed E-state index contributed by atoms with van der Waals surface area (Å²) in [7, 11) is 0. The number of nitrogens with zero attached hydrogens (tertiary/aromatic N) is 4. The fourth-order valence-electron chi connectivity index (χ4n) is 2.40. The van der Waals surface area contributed by atoms with Crippen LogP contribution in [0.4, 0.5) is 0 Å². The minimum atomic E-state index is -0.886. The lowest BCUT2D eigenvalue weighted by Crippen LogP contribution is -2.33. The van der Waals surface area contributed by atoms with Crippen LogP contribution in [0.3, 0.4) is 0 Å². The van der Waals surface area contributed by atoms with Crippen molar-refractivity contribution in [1.82, 2.24) is 25.0 Å². The molecule has 2 aromatic heterocycles. The Bertz CT molecular complexity index is 1300. The van der Waals surface area contributed by atoms with E-state index in [2.05, 4.69) is 15.3 Å². The molecule has 0 unspecified atom stereocenters. The molecule has 0 saturated carbocycles. The Hall–Kier alpha value is -2.87. The molecule has 162 valence electrons. The highest BCUT2D eigenvalue weighted by molar-refractivity contribution is 7.99. The van der Waals surface area contributed by atoms with Crippen LogP contribution in [0, 0.1) is 11.3 Å². The van der Waals surface area contributed by atoms with Crippen LogP contribution in [0.1, 0.15) is 44.9 Å². The Kier molecular flexibility index (Phi) is 8.21. The predicted molar refractivity (Wildman–Crippen MR) is 120 cm³/mol. The predicted octanol–water partition coefficient (Wildman–Crippen LogP) is 3.48. The number of aromatic amines is 2. The number of rotatable bonds is 4. The van der Waals surface area contributed by atoms with Gasteiger partial charge in [0, 0.05) is 5.56 Å². The van der Waals surface area contributed by atoms with Crippen molar-refractivity contribution in [3.05, 3.63) is 70.7 Å². The molecule has 2 heterocycles. The lowest BCUT2D eigenvalue weighted by atomic mass is 10.1. The summed E-state index contributed by atoms with van der Waals surface area (Å²) in [6, 6.07) is 6.09. The lowest BCUT2D eigenvalue weighted by Gasteiger charge is -2.11. The van der Waals surface area contributed by atoms with E-state index in [0.29, 0.717) is 15.5 Å². The smallest absolute Gasteiger partial charge is 0.270 e. The number of hydrogen-bond donors (Lipinski definition) is 2. The van der Waals surface area contributed by atoms with Crippen molar-refractivity contribution in [2.24, 2.45) is 0 Å². The Morgan fingerprint density at radius 3 is 2.26 bits per heavy atom. The zero-order valence-corrected chi connectivity index (χ0v) is 19.3. The molecule has 9 nitrogen and oxygen atoms in total. The molecule has 0 amide bonds. The third kappa shape index (κ3) is 5.44. The highest BCUT2D eigenvalue weighted by Crippen LogP contribution is 2.39. The van der Waals surface area contributed by atoms with Gasteiger partial charge >= 0.3 is 5.69 Å². The number of H-pyrrole nitrogens is 2. The SMILES string of the molecule is CC.CC(C)c1cc(Sc2c(Cl)cc(-n3nc(C#N)c(=O)[nH]c3=O)cc2Cl)n[nH]c1=O. The Morgan fingerprint density at radius 1 is 1.10 bits per heavy atom. The number of halogens is 2. The number of aromatic nitrogens is 5. The second kappa shape index (κ2) is 10.4. The average molecular weight is 481 g/mol. The molecular formula is C19H18Cl2N6O3S. The molecule has 0 fully saturated rings. The van der Waals surface area contributed by atoms with Crippen molar-refractivity contribution >= 4 is 35.0 Å². The monoisotopic (exact) mass is 480 g/mol. The second-order valence-electron chi connectivity index (χ2n) is 6.12. The molecule has 1 aromatic carbocycles. The van der Waals surface area contributed by atoms with Crippen molar-refractivity contribution in [2.45, 2.75) is 43.5 Å². The molecule has 0 aliphatic rings. The summed E-state index contributed by atoms with van der Waals surface area (Å²) in [6.45, 7) is 7.77. The van der Waals surface area contributed by atoms with Crippen LogP contribution in [-0.2, 0) is 0 Å². The zero-order valence-electron chi connectivity index (χ0n) is 17.0. The molecule has 0 aliphatic carbocycles. The van der Waals surface area contributed by atoms with Crippen LogP contribution in [0.5, 0.6) is 0 Å². The molecule has 0 radical (unpaired) electrons. The van der Waals surface area contributed by atoms with E-state index < -0.39 is 16.9 Å². The third-order valence-corrected chi connectivity index (χ3v) is 5.68. The van der Waals surface area contributed by atoms with E-state index in [1.165, 1.54) is 12.1 Å². The van der Waals surface area contributed by atoms with Gasteiger partial charge in [-0.25, -0.2) is 9.89 Å². The number of nitriles is 1. The summed E-state index contributed by atoms with van der Waals surface area (Å²) in [4.78, 5) is 37.8. The first-order valence-electron chi connectivity index (χ1n) is 9.12. The van der Waals surface area contributed by atoms with Crippen LogP contribution in [0.2, 0.25) is 10.0 Å². The largest absolute Gasteiger partial charge is 0.349 e. The maximum atomic E-state index is 12.0. The number of benzene rings is 1. The van der Waals surface area contributed by atoms with E-state index in [0.717, 1.165) is 16.4 Å². The van der Waals surface area contributed by atoms with Crippen LogP contribution in [0.25, 0.3) is 5.69 Å². The molecule has 0 bridgehead atoms. The number of nitrogens with one attached hydrogen (secondary N) is 2. The van der Waals surface area contributed by atoms with Crippen LogP contribution in [-0.4, -0.2) is 25.0 Å². The van der Waals surface area contributed by atoms with Gasteiger partial charge in [0.2, 0.25) is 5.69 Å². The molecule has 0 atom stereocenters. The van der Waals surface area contributed by atoms with Gasteiger partial charge in [0.25, 0.3) is 11.1 Å². The van der Waals surface area contributed by atoms with Gasteiger partial charge in [-0.1, -0.05) is 62.7 Å². The first-order valence-corrected chi connectivity index (χ1v) is 10.7. The molecule has 12 heteroatoms. The maximum Gasteiger partial charge on any atom is 0.349 e. The van der Waals surface area contributed by atoms with Crippen LogP contribution < -0.4 is 16.8 Å². The lowest BCUT2D eigenvalue weighted by molar-refractivity contribution is 0.740.